The van der Waals surface area contributed by atoms with Crippen LogP contribution in [0.25, 0.3) is 0 Å². The summed E-state index contributed by atoms with van der Waals surface area (Å²) in [4.78, 5) is 9.44. The van der Waals surface area contributed by atoms with Crippen molar-refractivity contribution in [1.82, 2.24) is 0 Å². The fourth-order valence-corrected chi connectivity index (χ4v) is 3.06. The van der Waals surface area contributed by atoms with Crippen molar-refractivity contribution in [1.29, 1.82) is 0 Å². The highest BCUT2D eigenvalue weighted by Crippen LogP contribution is 2.45. The summed E-state index contributed by atoms with van der Waals surface area (Å²) in [7, 11) is 0. The maximum atomic E-state index is 9.44. The van der Waals surface area contributed by atoms with Crippen LogP contribution in [-0.4, -0.2) is 5.78 Å². The van der Waals surface area contributed by atoms with E-state index >= 15 is 0 Å². The van der Waals surface area contributed by atoms with E-state index in [0.717, 1.165) is 11.3 Å². The van der Waals surface area contributed by atoms with Crippen LogP contribution in [0.3, 0.4) is 0 Å². The lowest BCUT2D eigenvalue weighted by Gasteiger charge is -2.39. The Labute approximate surface area is 136 Å². The average molecular weight is 301 g/mol. The average Bonchev–Trinajstić information content (AvgIpc) is 2.47. The van der Waals surface area contributed by atoms with Crippen molar-refractivity contribution < 1.29 is 4.79 Å². The summed E-state index contributed by atoms with van der Waals surface area (Å²) in [5.41, 5.74) is 0.760. The second-order valence-electron chi connectivity index (χ2n) is 6.09. The molecule has 130 valence electrons. The normalized spacial score (nSPS) is 16.2. The van der Waals surface area contributed by atoms with E-state index in [2.05, 4.69) is 20.8 Å². The molecule has 0 amide bonds. The lowest BCUT2D eigenvalue weighted by molar-refractivity contribution is -0.114. The van der Waals surface area contributed by atoms with Crippen LogP contribution < -0.4 is 0 Å². The molecule has 0 spiro atoms. The number of hydrogen-bond acceptors (Lipinski definition) is 1. The Morgan fingerprint density at radius 2 is 1.19 bits per heavy atom. The SMILES string of the molecule is CC.CC.CC(C)=O.CCCC1(CCC)CCC(C)CC1. The summed E-state index contributed by atoms with van der Waals surface area (Å²) in [6.07, 6.45) is 11.7. The minimum atomic E-state index is 0.167. The van der Waals surface area contributed by atoms with Crippen molar-refractivity contribution in [2.75, 3.05) is 0 Å². The van der Waals surface area contributed by atoms with Crippen LogP contribution in [-0.2, 0) is 4.79 Å². The van der Waals surface area contributed by atoms with E-state index in [0.29, 0.717) is 0 Å². The van der Waals surface area contributed by atoms with E-state index in [9.17, 15) is 4.79 Å². The minimum Gasteiger partial charge on any atom is -0.300 e. The fourth-order valence-electron chi connectivity index (χ4n) is 3.06. The van der Waals surface area contributed by atoms with Gasteiger partial charge in [-0.1, -0.05) is 74.1 Å². The van der Waals surface area contributed by atoms with Gasteiger partial charge in [0.05, 0.1) is 0 Å². The van der Waals surface area contributed by atoms with Gasteiger partial charge in [-0.2, -0.15) is 0 Å². The summed E-state index contributed by atoms with van der Waals surface area (Å²) in [5, 5.41) is 0. The van der Waals surface area contributed by atoms with Gasteiger partial charge in [0, 0.05) is 0 Å². The number of rotatable bonds is 4. The smallest absolute Gasteiger partial charge is 0.126 e. The van der Waals surface area contributed by atoms with Crippen LogP contribution in [0.2, 0.25) is 0 Å². The summed E-state index contributed by atoms with van der Waals surface area (Å²) in [6, 6.07) is 0. The van der Waals surface area contributed by atoms with Crippen molar-refractivity contribution in [3.05, 3.63) is 0 Å². The number of hydrogen-bond donors (Lipinski definition) is 0. The van der Waals surface area contributed by atoms with Crippen molar-refractivity contribution in [2.24, 2.45) is 11.3 Å². The number of Topliss-reactive ketones (excluding diaryl/α,β-unsaturated/α-hetero) is 1. The van der Waals surface area contributed by atoms with Gasteiger partial charge in [0.2, 0.25) is 0 Å². The lowest BCUT2D eigenvalue weighted by atomic mass is 9.66. The monoisotopic (exact) mass is 300 g/mol. The van der Waals surface area contributed by atoms with E-state index in [1.165, 1.54) is 65.2 Å². The highest BCUT2D eigenvalue weighted by molar-refractivity contribution is 5.72. The molecule has 1 rings (SSSR count). The minimum absolute atomic E-state index is 0.167. The molecule has 1 fully saturated rings. The van der Waals surface area contributed by atoms with Crippen LogP contribution in [0.1, 0.15) is 114 Å². The predicted molar refractivity (Wildman–Crippen MR) is 98.9 cm³/mol. The van der Waals surface area contributed by atoms with Gasteiger partial charge >= 0.3 is 0 Å². The topological polar surface area (TPSA) is 17.1 Å². The summed E-state index contributed by atoms with van der Waals surface area (Å²) in [5.74, 6) is 1.17. The van der Waals surface area contributed by atoms with Crippen molar-refractivity contribution in [3.63, 3.8) is 0 Å². The molecular formula is C20H44O. The summed E-state index contributed by atoms with van der Waals surface area (Å²) < 4.78 is 0. The van der Waals surface area contributed by atoms with Gasteiger partial charge in [-0.15, -0.1) is 0 Å². The first-order chi connectivity index (χ1) is 9.95. The molecule has 1 nitrogen and oxygen atoms in total. The standard InChI is InChI=1S/C13H26.C3H6O.2C2H6/c1-4-8-13(9-5-2)10-6-12(3)7-11-13;1-3(2)4;2*1-2/h12H,4-11H2,1-3H3;1-2H3;2*1-2H3. The Morgan fingerprint density at radius 1 is 0.905 bits per heavy atom. The fraction of sp³-hybridized carbons (Fsp3) is 0.950. The molecule has 1 heteroatoms. The van der Waals surface area contributed by atoms with Gasteiger partial charge < -0.3 is 4.79 Å². The zero-order valence-electron chi connectivity index (χ0n) is 16.6. The van der Waals surface area contributed by atoms with Gasteiger partial charge in [-0.25, -0.2) is 0 Å². The van der Waals surface area contributed by atoms with Crippen molar-refractivity contribution in [2.45, 2.75) is 114 Å². The van der Waals surface area contributed by atoms with E-state index in [-0.39, 0.29) is 5.78 Å². The molecule has 1 aliphatic rings. The molecule has 0 N–H and O–H groups in total. The van der Waals surface area contributed by atoms with E-state index < -0.39 is 0 Å². The molecule has 21 heavy (non-hydrogen) atoms. The highest BCUT2D eigenvalue weighted by atomic mass is 16.1. The Kier molecular flexibility index (Phi) is 21.6. The predicted octanol–water partition coefficient (Wildman–Crippen LogP) is 7.43. The first kappa shape index (κ1) is 25.6. The second kappa shape index (κ2) is 17.7. The number of carbonyl (C=O) groups excluding carboxylic acids is 1. The van der Waals surface area contributed by atoms with Crippen LogP contribution >= 0.6 is 0 Å². The van der Waals surface area contributed by atoms with E-state index in [1.807, 2.05) is 27.7 Å². The summed E-state index contributed by atoms with van der Waals surface area (Å²) >= 11 is 0. The molecular weight excluding hydrogens is 256 g/mol. The van der Waals surface area contributed by atoms with Gasteiger partial charge in [0.25, 0.3) is 0 Å². The summed E-state index contributed by atoms with van der Waals surface area (Å²) in [6.45, 7) is 18.2. The van der Waals surface area contributed by atoms with Crippen LogP contribution in [0.15, 0.2) is 0 Å². The quantitative estimate of drug-likeness (QED) is 0.527. The molecule has 0 bridgehead atoms. The molecule has 0 atom stereocenters. The van der Waals surface area contributed by atoms with Gasteiger partial charge in [0.1, 0.15) is 5.78 Å². The largest absolute Gasteiger partial charge is 0.300 e. The maximum absolute atomic E-state index is 9.44. The molecule has 0 unspecified atom stereocenters. The Balaban J connectivity index is -0.000000343. The van der Waals surface area contributed by atoms with E-state index in [4.69, 9.17) is 0 Å². The lowest BCUT2D eigenvalue weighted by Crippen LogP contribution is -2.26. The highest BCUT2D eigenvalue weighted by Gasteiger charge is 2.31. The number of ketones is 1. The molecule has 1 aliphatic carbocycles. The zero-order valence-corrected chi connectivity index (χ0v) is 16.6. The van der Waals surface area contributed by atoms with Crippen LogP contribution in [0.4, 0.5) is 0 Å². The van der Waals surface area contributed by atoms with Gasteiger partial charge in [-0.05, 0) is 50.9 Å². The first-order valence-electron chi connectivity index (χ1n) is 9.43. The molecule has 0 heterocycles. The molecule has 1 saturated carbocycles. The Hall–Kier alpha value is -0.330. The molecule has 0 aliphatic heterocycles. The van der Waals surface area contributed by atoms with Gasteiger partial charge in [0.15, 0.2) is 0 Å². The molecule has 0 aromatic carbocycles. The number of carbonyl (C=O) groups is 1. The second-order valence-corrected chi connectivity index (χ2v) is 6.09. The molecule has 0 radical (unpaired) electrons. The zero-order chi connectivity index (χ0) is 17.3. The molecule has 0 saturated heterocycles. The third-order valence-electron chi connectivity index (χ3n) is 3.90. The van der Waals surface area contributed by atoms with E-state index in [1.54, 1.807) is 0 Å². The third kappa shape index (κ3) is 15.9. The van der Waals surface area contributed by atoms with Crippen LogP contribution in [0, 0.1) is 11.3 Å². The third-order valence-corrected chi connectivity index (χ3v) is 3.90. The first-order valence-corrected chi connectivity index (χ1v) is 9.43. The van der Waals surface area contributed by atoms with Crippen molar-refractivity contribution in [3.8, 4) is 0 Å². The molecule has 0 aromatic rings. The Morgan fingerprint density at radius 3 is 1.43 bits per heavy atom. The molecule has 0 aromatic heterocycles. The Bertz CT molecular complexity index is 188. The maximum Gasteiger partial charge on any atom is 0.126 e. The van der Waals surface area contributed by atoms with Crippen molar-refractivity contribution >= 4 is 5.78 Å². The van der Waals surface area contributed by atoms with Gasteiger partial charge in [-0.3, -0.25) is 0 Å². The van der Waals surface area contributed by atoms with Crippen LogP contribution in [0.5, 0.6) is 0 Å².